The number of amides is 1. The third-order valence-electron chi connectivity index (χ3n) is 4.99. The second-order valence-corrected chi connectivity index (χ2v) is 6.99. The standard InChI is InChI=1S/C23H21N3O3/c24-13-15-28-19-10-7-17(8-11-19)9-12-22(27)26-14-3-4-18(16-26)23-25-20-5-1-2-6-21(20)29-23/h1-2,5-12,18H,3-4,14-16H2/b12-9+. The van der Waals surface area contributed by atoms with Crippen molar-refractivity contribution < 1.29 is 13.9 Å². The molecule has 1 aliphatic heterocycles. The summed E-state index contributed by atoms with van der Waals surface area (Å²) in [6.07, 6.45) is 5.28. The molecule has 3 aromatic rings. The minimum atomic E-state index is -0.0179. The second kappa shape index (κ2) is 8.61. The Kier molecular flexibility index (Phi) is 5.57. The van der Waals surface area contributed by atoms with Gasteiger partial charge in [-0.25, -0.2) is 4.98 Å². The van der Waals surface area contributed by atoms with Crippen molar-refractivity contribution in [2.24, 2.45) is 0 Å². The lowest BCUT2D eigenvalue weighted by atomic mass is 9.98. The van der Waals surface area contributed by atoms with Crippen molar-refractivity contribution in [1.29, 1.82) is 5.26 Å². The van der Waals surface area contributed by atoms with E-state index >= 15 is 0 Å². The predicted molar refractivity (Wildman–Crippen MR) is 109 cm³/mol. The van der Waals surface area contributed by atoms with Gasteiger partial charge in [-0.05, 0) is 48.7 Å². The first-order valence-electron chi connectivity index (χ1n) is 9.65. The van der Waals surface area contributed by atoms with Gasteiger partial charge in [0, 0.05) is 19.2 Å². The van der Waals surface area contributed by atoms with Gasteiger partial charge in [0.2, 0.25) is 5.91 Å². The maximum atomic E-state index is 12.7. The number of oxazole rings is 1. The van der Waals surface area contributed by atoms with Crippen molar-refractivity contribution in [3.8, 4) is 11.8 Å². The lowest BCUT2D eigenvalue weighted by Crippen LogP contribution is -2.38. The second-order valence-electron chi connectivity index (χ2n) is 6.99. The van der Waals surface area contributed by atoms with Gasteiger partial charge in [-0.2, -0.15) is 5.26 Å². The van der Waals surface area contributed by atoms with Gasteiger partial charge in [-0.15, -0.1) is 0 Å². The number of nitrogens with zero attached hydrogens (tertiary/aromatic N) is 3. The number of rotatable bonds is 5. The zero-order chi connectivity index (χ0) is 20.1. The first-order valence-corrected chi connectivity index (χ1v) is 9.65. The van der Waals surface area contributed by atoms with Gasteiger partial charge in [0.05, 0.1) is 5.92 Å². The van der Waals surface area contributed by atoms with E-state index in [-0.39, 0.29) is 18.4 Å². The minimum Gasteiger partial charge on any atom is -0.479 e. The number of likely N-dealkylation sites (tertiary alicyclic amines) is 1. The van der Waals surface area contributed by atoms with Crippen LogP contribution in [0.25, 0.3) is 17.2 Å². The number of para-hydroxylation sites is 2. The fourth-order valence-electron chi connectivity index (χ4n) is 3.51. The molecule has 1 atom stereocenters. The van der Waals surface area contributed by atoms with Crippen LogP contribution in [-0.4, -0.2) is 35.5 Å². The summed E-state index contributed by atoms with van der Waals surface area (Å²) in [5.74, 6) is 1.44. The van der Waals surface area contributed by atoms with Crippen molar-refractivity contribution in [1.82, 2.24) is 9.88 Å². The topological polar surface area (TPSA) is 79.4 Å². The molecule has 6 nitrogen and oxygen atoms in total. The smallest absolute Gasteiger partial charge is 0.246 e. The molecule has 1 aromatic heterocycles. The van der Waals surface area contributed by atoms with Crippen molar-refractivity contribution in [3.05, 3.63) is 66.1 Å². The van der Waals surface area contributed by atoms with Crippen LogP contribution in [0.2, 0.25) is 0 Å². The molecule has 146 valence electrons. The van der Waals surface area contributed by atoms with Crippen LogP contribution in [0.3, 0.4) is 0 Å². The van der Waals surface area contributed by atoms with Crippen LogP contribution in [-0.2, 0) is 4.79 Å². The molecule has 0 aliphatic carbocycles. The van der Waals surface area contributed by atoms with Gasteiger partial charge < -0.3 is 14.1 Å². The molecular formula is C23H21N3O3. The highest BCUT2D eigenvalue weighted by Crippen LogP contribution is 2.29. The van der Waals surface area contributed by atoms with E-state index in [4.69, 9.17) is 14.4 Å². The quantitative estimate of drug-likeness (QED) is 0.615. The predicted octanol–water partition coefficient (Wildman–Crippen LogP) is 4.15. The Bertz CT molecular complexity index is 1030. The Labute approximate surface area is 169 Å². The third kappa shape index (κ3) is 4.46. The van der Waals surface area contributed by atoms with E-state index in [0.717, 1.165) is 36.0 Å². The highest BCUT2D eigenvalue weighted by molar-refractivity contribution is 5.91. The number of nitriles is 1. The maximum Gasteiger partial charge on any atom is 0.246 e. The summed E-state index contributed by atoms with van der Waals surface area (Å²) in [4.78, 5) is 19.1. The lowest BCUT2D eigenvalue weighted by Gasteiger charge is -2.30. The van der Waals surface area contributed by atoms with Gasteiger partial charge in [-0.3, -0.25) is 4.79 Å². The maximum absolute atomic E-state index is 12.7. The molecule has 1 fully saturated rings. The summed E-state index contributed by atoms with van der Waals surface area (Å²) >= 11 is 0. The average molecular weight is 387 g/mol. The lowest BCUT2D eigenvalue weighted by molar-refractivity contribution is -0.127. The van der Waals surface area contributed by atoms with Crippen molar-refractivity contribution in [3.63, 3.8) is 0 Å². The van der Waals surface area contributed by atoms with Gasteiger partial charge in [-0.1, -0.05) is 24.3 Å². The summed E-state index contributed by atoms with van der Waals surface area (Å²) in [5.41, 5.74) is 2.54. The van der Waals surface area contributed by atoms with E-state index in [1.807, 2.05) is 47.4 Å². The van der Waals surface area contributed by atoms with Crippen molar-refractivity contribution in [2.75, 3.05) is 19.7 Å². The number of fused-ring (bicyclic) bond motifs is 1. The third-order valence-corrected chi connectivity index (χ3v) is 4.99. The van der Waals surface area contributed by atoms with Crippen LogP contribution < -0.4 is 4.74 Å². The van der Waals surface area contributed by atoms with Crippen LogP contribution in [0.15, 0.2) is 59.0 Å². The molecule has 0 radical (unpaired) electrons. The molecule has 29 heavy (non-hydrogen) atoms. The molecule has 6 heteroatoms. The fraction of sp³-hybridized carbons (Fsp3) is 0.261. The summed E-state index contributed by atoms with van der Waals surface area (Å²) in [5, 5.41) is 8.54. The number of carbonyl (C=O) groups excluding carboxylic acids is 1. The Morgan fingerprint density at radius 1 is 1.28 bits per heavy atom. The fourth-order valence-corrected chi connectivity index (χ4v) is 3.51. The molecule has 1 amide bonds. The number of aromatic nitrogens is 1. The molecule has 2 heterocycles. The van der Waals surface area contributed by atoms with E-state index in [1.54, 1.807) is 24.3 Å². The highest BCUT2D eigenvalue weighted by Gasteiger charge is 2.27. The molecule has 1 unspecified atom stereocenters. The van der Waals surface area contributed by atoms with E-state index < -0.39 is 0 Å². The highest BCUT2D eigenvalue weighted by atomic mass is 16.5. The number of carbonyl (C=O) groups is 1. The van der Waals surface area contributed by atoms with Crippen LogP contribution in [0.1, 0.15) is 30.2 Å². The van der Waals surface area contributed by atoms with E-state index in [2.05, 4.69) is 4.98 Å². The molecule has 0 spiro atoms. The van der Waals surface area contributed by atoms with Crippen molar-refractivity contribution >= 4 is 23.1 Å². The molecule has 0 saturated carbocycles. The Morgan fingerprint density at radius 2 is 2.10 bits per heavy atom. The Hall–Kier alpha value is -3.59. The zero-order valence-corrected chi connectivity index (χ0v) is 16.0. The van der Waals surface area contributed by atoms with Crippen LogP contribution in [0.5, 0.6) is 5.75 Å². The monoisotopic (exact) mass is 387 g/mol. The number of ether oxygens (including phenoxy) is 1. The SMILES string of the molecule is N#CCOc1ccc(/C=C/C(=O)N2CCCC(c3nc4ccccc4o3)C2)cc1. The summed E-state index contributed by atoms with van der Waals surface area (Å²) < 4.78 is 11.1. The van der Waals surface area contributed by atoms with E-state index in [9.17, 15) is 4.79 Å². The Balaban J connectivity index is 1.39. The number of piperidine rings is 1. The van der Waals surface area contributed by atoms with E-state index in [1.165, 1.54) is 0 Å². The summed E-state index contributed by atoms with van der Waals surface area (Å²) in [7, 11) is 0. The first-order chi connectivity index (χ1) is 14.2. The summed E-state index contributed by atoms with van der Waals surface area (Å²) in [6.45, 7) is 1.36. The van der Waals surface area contributed by atoms with Gasteiger partial charge in [0.15, 0.2) is 18.1 Å². The summed E-state index contributed by atoms with van der Waals surface area (Å²) in [6, 6.07) is 16.9. The Morgan fingerprint density at radius 3 is 2.90 bits per heavy atom. The minimum absolute atomic E-state index is 0.0177. The first kappa shape index (κ1) is 18.8. The molecule has 0 bridgehead atoms. The molecule has 0 N–H and O–H groups in total. The molecule has 1 saturated heterocycles. The van der Waals surface area contributed by atoms with E-state index in [0.29, 0.717) is 18.2 Å². The number of benzene rings is 2. The molecule has 4 rings (SSSR count). The van der Waals surface area contributed by atoms with Crippen LogP contribution in [0, 0.1) is 11.3 Å². The molecule has 1 aliphatic rings. The molecular weight excluding hydrogens is 366 g/mol. The largest absolute Gasteiger partial charge is 0.479 e. The van der Waals surface area contributed by atoms with Gasteiger partial charge >= 0.3 is 0 Å². The van der Waals surface area contributed by atoms with Gasteiger partial charge in [0.25, 0.3) is 0 Å². The number of hydrogen-bond donors (Lipinski definition) is 0. The zero-order valence-electron chi connectivity index (χ0n) is 16.0. The van der Waals surface area contributed by atoms with Gasteiger partial charge in [0.1, 0.15) is 17.3 Å². The molecule has 2 aromatic carbocycles. The normalized spacial score (nSPS) is 16.8. The van der Waals surface area contributed by atoms with Crippen LogP contribution >= 0.6 is 0 Å². The number of hydrogen-bond acceptors (Lipinski definition) is 5. The van der Waals surface area contributed by atoms with Crippen molar-refractivity contribution in [2.45, 2.75) is 18.8 Å². The van der Waals surface area contributed by atoms with Crippen LogP contribution in [0.4, 0.5) is 0 Å². The average Bonchev–Trinajstić information content (AvgIpc) is 3.21.